The Balaban J connectivity index is 2.30. The minimum atomic E-state index is -0.409. The zero-order valence-corrected chi connectivity index (χ0v) is 11.0. The highest BCUT2D eigenvalue weighted by molar-refractivity contribution is 7.80. The van der Waals surface area contributed by atoms with E-state index in [1.807, 2.05) is 12.3 Å². The van der Waals surface area contributed by atoms with Crippen LogP contribution in [0.3, 0.4) is 0 Å². The molecular formula is C10H15N3OS2. The Kier molecular flexibility index (Phi) is 4.82. The van der Waals surface area contributed by atoms with E-state index < -0.39 is 5.92 Å². The van der Waals surface area contributed by atoms with Crippen molar-refractivity contribution < 1.29 is 4.79 Å². The lowest BCUT2D eigenvalue weighted by atomic mass is 10.1. The van der Waals surface area contributed by atoms with E-state index in [4.69, 9.17) is 18.0 Å². The van der Waals surface area contributed by atoms with Crippen LogP contribution in [0.1, 0.15) is 17.6 Å². The lowest BCUT2D eigenvalue weighted by Gasteiger charge is -2.09. The fraction of sp³-hybridized carbons (Fsp3) is 0.500. The molecule has 0 bridgehead atoms. The molecule has 0 fully saturated rings. The maximum Gasteiger partial charge on any atom is 0.229 e. The number of amides is 1. The Labute approximate surface area is 104 Å². The highest BCUT2D eigenvalue weighted by Gasteiger charge is 2.14. The van der Waals surface area contributed by atoms with E-state index in [-0.39, 0.29) is 10.9 Å². The SMILES string of the molecule is Cc1csc(CCNC(=O)C(C)C(N)=S)n1. The van der Waals surface area contributed by atoms with Crippen LogP contribution in [0.15, 0.2) is 5.38 Å². The van der Waals surface area contributed by atoms with Gasteiger partial charge in [0.1, 0.15) is 0 Å². The van der Waals surface area contributed by atoms with E-state index in [0.29, 0.717) is 6.54 Å². The third kappa shape index (κ3) is 3.86. The molecule has 16 heavy (non-hydrogen) atoms. The molecule has 4 nitrogen and oxygen atoms in total. The first-order chi connectivity index (χ1) is 7.50. The van der Waals surface area contributed by atoms with Gasteiger partial charge in [0, 0.05) is 24.0 Å². The normalized spacial score (nSPS) is 12.1. The number of nitrogens with two attached hydrogens (primary N) is 1. The van der Waals surface area contributed by atoms with Crippen molar-refractivity contribution in [3.8, 4) is 0 Å². The van der Waals surface area contributed by atoms with Crippen LogP contribution in [-0.4, -0.2) is 22.4 Å². The number of aromatic nitrogens is 1. The summed E-state index contributed by atoms with van der Waals surface area (Å²) in [5.74, 6) is -0.534. The summed E-state index contributed by atoms with van der Waals surface area (Å²) < 4.78 is 0. The van der Waals surface area contributed by atoms with Crippen molar-refractivity contribution >= 4 is 34.5 Å². The van der Waals surface area contributed by atoms with Crippen LogP contribution in [-0.2, 0) is 11.2 Å². The Morgan fingerprint density at radius 1 is 1.75 bits per heavy atom. The predicted octanol–water partition coefficient (Wildman–Crippen LogP) is 1.03. The second-order valence-electron chi connectivity index (χ2n) is 3.55. The number of hydrogen-bond donors (Lipinski definition) is 2. The number of aryl methyl sites for hydroxylation is 1. The fourth-order valence-electron chi connectivity index (χ4n) is 1.09. The number of nitrogens with zero attached hydrogens (tertiary/aromatic N) is 1. The van der Waals surface area contributed by atoms with Gasteiger partial charge in [-0.1, -0.05) is 12.2 Å². The molecule has 1 aromatic rings. The summed E-state index contributed by atoms with van der Waals surface area (Å²) in [5, 5.41) is 5.81. The largest absolute Gasteiger partial charge is 0.393 e. The number of carbonyl (C=O) groups is 1. The molecule has 1 unspecified atom stereocenters. The zero-order chi connectivity index (χ0) is 12.1. The molecule has 0 aliphatic rings. The van der Waals surface area contributed by atoms with Crippen molar-refractivity contribution in [1.82, 2.24) is 10.3 Å². The Bertz CT molecular complexity index is 389. The van der Waals surface area contributed by atoms with Crippen LogP contribution in [0.5, 0.6) is 0 Å². The van der Waals surface area contributed by atoms with Gasteiger partial charge in [0.2, 0.25) is 5.91 Å². The first-order valence-corrected chi connectivity index (χ1v) is 6.27. The van der Waals surface area contributed by atoms with Gasteiger partial charge in [-0.25, -0.2) is 4.98 Å². The molecule has 0 spiro atoms. The topological polar surface area (TPSA) is 68.0 Å². The highest BCUT2D eigenvalue weighted by Crippen LogP contribution is 2.08. The molecular weight excluding hydrogens is 242 g/mol. The summed E-state index contributed by atoms with van der Waals surface area (Å²) in [6, 6.07) is 0. The van der Waals surface area contributed by atoms with Crippen LogP contribution in [0.25, 0.3) is 0 Å². The number of rotatable bonds is 5. The summed E-state index contributed by atoms with van der Waals surface area (Å²) in [7, 11) is 0. The molecule has 0 aliphatic carbocycles. The van der Waals surface area contributed by atoms with Crippen molar-refractivity contribution in [3.05, 3.63) is 16.1 Å². The maximum absolute atomic E-state index is 11.5. The summed E-state index contributed by atoms with van der Waals surface area (Å²) >= 11 is 6.35. The molecule has 0 aliphatic heterocycles. The van der Waals surface area contributed by atoms with Gasteiger partial charge >= 0.3 is 0 Å². The first-order valence-electron chi connectivity index (χ1n) is 4.98. The number of hydrogen-bond acceptors (Lipinski definition) is 4. The van der Waals surface area contributed by atoms with Crippen LogP contribution in [0, 0.1) is 12.8 Å². The average Bonchev–Trinajstić information content (AvgIpc) is 2.62. The maximum atomic E-state index is 11.5. The van der Waals surface area contributed by atoms with Crippen LogP contribution in [0.2, 0.25) is 0 Å². The summed E-state index contributed by atoms with van der Waals surface area (Å²) in [5.41, 5.74) is 6.40. The minimum absolute atomic E-state index is 0.124. The molecule has 88 valence electrons. The third-order valence-electron chi connectivity index (χ3n) is 2.12. The number of thiazole rings is 1. The monoisotopic (exact) mass is 257 g/mol. The molecule has 6 heteroatoms. The summed E-state index contributed by atoms with van der Waals surface area (Å²) in [6.45, 7) is 4.22. The van der Waals surface area contributed by atoms with E-state index in [1.165, 1.54) is 0 Å². The highest BCUT2D eigenvalue weighted by atomic mass is 32.1. The van der Waals surface area contributed by atoms with E-state index in [2.05, 4.69) is 10.3 Å². The standard InChI is InChI=1S/C10H15N3OS2/c1-6-5-16-8(13-6)3-4-12-10(14)7(2)9(11)15/h5,7H,3-4H2,1-2H3,(H2,11,15)(H,12,14). The van der Waals surface area contributed by atoms with Gasteiger partial charge in [-0.15, -0.1) is 11.3 Å². The lowest BCUT2D eigenvalue weighted by Crippen LogP contribution is -2.36. The summed E-state index contributed by atoms with van der Waals surface area (Å²) in [6.07, 6.45) is 0.744. The molecule has 1 heterocycles. The Hall–Kier alpha value is -1.01. The van der Waals surface area contributed by atoms with Crippen molar-refractivity contribution in [3.63, 3.8) is 0 Å². The molecule has 0 aromatic carbocycles. The molecule has 0 saturated heterocycles. The van der Waals surface area contributed by atoms with Gasteiger partial charge in [0.25, 0.3) is 0 Å². The van der Waals surface area contributed by atoms with Crippen molar-refractivity contribution in [2.75, 3.05) is 6.54 Å². The molecule has 1 aromatic heterocycles. The van der Waals surface area contributed by atoms with Crippen molar-refractivity contribution in [2.24, 2.45) is 11.7 Å². The van der Waals surface area contributed by atoms with Gasteiger partial charge in [-0.05, 0) is 13.8 Å². The number of thiocarbonyl (C=S) groups is 1. The third-order valence-corrected chi connectivity index (χ3v) is 3.50. The predicted molar refractivity (Wildman–Crippen MR) is 69.5 cm³/mol. The quantitative estimate of drug-likeness (QED) is 0.773. The smallest absolute Gasteiger partial charge is 0.229 e. The Morgan fingerprint density at radius 2 is 2.44 bits per heavy atom. The first kappa shape index (κ1) is 13.1. The molecule has 1 atom stereocenters. The van der Waals surface area contributed by atoms with Crippen LogP contribution >= 0.6 is 23.6 Å². The van der Waals surface area contributed by atoms with Gasteiger partial charge in [-0.2, -0.15) is 0 Å². The van der Waals surface area contributed by atoms with Gasteiger partial charge in [0.05, 0.1) is 15.9 Å². The van der Waals surface area contributed by atoms with E-state index in [0.717, 1.165) is 17.1 Å². The molecule has 0 saturated carbocycles. The number of carbonyl (C=O) groups excluding carboxylic acids is 1. The molecule has 0 radical (unpaired) electrons. The van der Waals surface area contributed by atoms with Gasteiger partial charge < -0.3 is 11.1 Å². The van der Waals surface area contributed by atoms with E-state index in [1.54, 1.807) is 18.3 Å². The Morgan fingerprint density at radius 3 is 2.94 bits per heavy atom. The zero-order valence-electron chi connectivity index (χ0n) is 9.32. The van der Waals surface area contributed by atoms with Gasteiger partial charge in [-0.3, -0.25) is 4.79 Å². The van der Waals surface area contributed by atoms with Crippen molar-refractivity contribution in [1.29, 1.82) is 0 Å². The van der Waals surface area contributed by atoms with Crippen LogP contribution in [0.4, 0.5) is 0 Å². The van der Waals surface area contributed by atoms with E-state index >= 15 is 0 Å². The molecule has 3 N–H and O–H groups in total. The minimum Gasteiger partial charge on any atom is -0.393 e. The second kappa shape index (κ2) is 5.91. The van der Waals surface area contributed by atoms with Crippen molar-refractivity contribution in [2.45, 2.75) is 20.3 Å². The second-order valence-corrected chi connectivity index (χ2v) is 4.96. The fourth-order valence-corrected chi connectivity index (χ4v) is 1.98. The summed E-state index contributed by atoms with van der Waals surface area (Å²) in [4.78, 5) is 16.0. The number of nitrogens with one attached hydrogen (secondary N) is 1. The van der Waals surface area contributed by atoms with Crippen LogP contribution < -0.4 is 11.1 Å². The van der Waals surface area contributed by atoms with Gasteiger partial charge in [0.15, 0.2) is 0 Å². The average molecular weight is 257 g/mol. The molecule has 1 rings (SSSR count). The molecule has 1 amide bonds. The van der Waals surface area contributed by atoms with E-state index in [9.17, 15) is 4.79 Å². The lowest BCUT2D eigenvalue weighted by molar-refractivity contribution is -0.122.